The van der Waals surface area contributed by atoms with Gasteiger partial charge in [-0.1, -0.05) is 31.4 Å². The molecule has 2 N–H and O–H groups in total. The number of nitrogens with one attached hydrogen (secondary N) is 2. The molecule has 1 aliphatic carbocycles. The predicted molar refractivity (Wildman–Crippen MR) is 95.0 cm³/mol. The molecule has 1 fully saturated rings. The van der Waals surface area contributed by atoms with Crippen LogP contribution in [-0.2, 0) is 25.5 Å². The fraction of sp³-hybridized carbons (Fsp3) is 0.526. The Labute approximate surface area is 148 Å². The highest BCUT2D eigenvalue weighted by molar-refractivity contribution is 5.88. The van der Waals surface area contributed by atoms with Crippen molar-refractivity contribution in [3.8, 4) is 0 Å². The number of carbonyl (C=O) groups excluding carboxylic acids is 3. The highest BCUT2D eigenvalue weighted by Crippen LogP contribution is 2.17. The van der Waals surface area contributed by atoms with E-state index in [9.17, 15) is 14.4 Å². The molecule has 0 heterocycles. The standard InChI is InChI=1S/C19H26N2O4/c1-13(19(24)21-16-6-4-3-5-7-16)25-18(23)12-15-8-10-17(11-9-15)20-14(2)22/h8-11,13,16H,3-7,12H2,1-2H3,(H,20,22)(H,21,24)/t13-/m0/s1. The molecule has 0 aromatic heterocycles. The summed E-state index contributed by atoms with van der Waals surface area (Å²) in [6.45, 7) is 3.03. The van der Waals surface area contributed by atoms with Crippen LogP contribution in [0.1, 0.15) is 51.5 Å². The van der Waals surface area contributed by atoms with Gasteiger partial charge in [-0.2, -0.15) is 0 Å². The smallest absolute Gasteiger partial charge is 0.311 e. The molecule has 2 amide bonds. The van der Waals surface area contributed by atoms with Crippen molar-refractivity contribution in [1.29, 1.82) is 0 Å². The van der Waals surface area contributed by atoms with Gasteiger partial charge in [-0.25, -0.2) is 0 Å². The van der Waals surface area contributed by atoms with E-state index in [4.69, 9.17) is 4.74 Å². The minimum absolute atomic E-state index is 0.0847. The molecule has 2 rings (SSSR count). The number of rotatable bonds is 6. The molecule has 0 saturated heterocycles. The van der Waals surface area contributed by atoms with Crippen LogP contribution < -0.4 is 10.6 Å². The second kappa shape index (κ2) is 9.20. The average Bonchev–Trinajstić information content (AvgIpc) is 2.57. The molecule has 6 heteroatoms. The summed E-state index contributed by atoms with van der Waals surface area (Å²) in [5, 5.41) is 5.62. The minimum atomic E-state index is -0.798. The van der Waals surface area contributed by atoms with E-state index in [1.54, 1.807) is 31.2 Å². The second-order valence-electron chi connectivity index (χ2n) is 6.53. The van der Waals surface area contributed by atoms with Gasteiger partial charge in [-0.15, -0.1) is 0 Å². The number of benzene rings is 1. The molecule has 1 aliphatic rings. The lowest BCUT2D eigenvalue weighted by Gasteiger charge is -2.24. The SMILES string of the molecule is CC(=O)Nc1ccc(CC(=O)O[C@@H](C)C(=O)NC2CCCCC2)cc1. The third-order valence-corrected chi connectivity index (χ3v) is 4.25. The van der Waals surface area contributed by atoms with Crippen molar-refractivity contribution in [2.75, 3.05) is 5.32 Å². The first-order valence-electron chi connectivity index (χ1n) is 8.80. The predicted octanol–water partition coefficient (Wildman–Crippen LogP) is 2.57. The van der Waals surface area contributed by atoms with Crippen LogP contribution in [0, 0.1) is 0 Å². The van der Waals surface area contributed by atoms with Crippen LogP contribution in [0.25, 0.3) is 0 Å². The van der Waals surface area contributed by atoms with Gasteiger partial charge in [0.25, 0.3) is 5.91 Å². The first kappa shape index (κ1) is 19.0. The number of amides is 2. The highest BCUT2D eigenvalue weighted by atomic mass is 16.5. The van der Waals surface area contributed by atoms with Crippen molar-refractivity contribution in [3.63, 3.8) is 0 Å². The summed E-state index contributed by atoms with van der Waals surface area (Å²) in [5.74, 6) is -0.829. The molecule has 0 radical (unpaired) electrons. The number of carbonyl (C=O) groups is 3. The van der Waals surface area contributed by atoms with Gasteiger partial charge in [0.15, 0.2) is 6.10 Å². The van der Waals surface area contributed by atoms with Crippen LogP contribution in [-0.4, -0.2) is 29.9 Å². The molecule has 6 nitrogen and oxygen atoms in total. The lowest BCUT2D eigenvalue weighted by Crippen LogP contribution is -2.42. The Morgan fingerprint density at radius 3 is 2.36 bits per heavy atom. The van der Waals surface area contributed by atoms with Gasteiger partial charge >= 0.3 is 5.97 Å². The Morgan fingerprint density at radius 2 is 1.76 bits per heavy atom. The molecule has 0 bridgehead atoms. The van der Waals surface area contributed by atoms with Crippen molar-refractivity contribution in [2.24, 2.45) is 0 Å². The van der Waals surface area contributed by atoms with E-state index in [1.807, 2.05) is 0 Å². The average molecular weight is 346 g/mol. The molecule has 25 heavy (non-hydrogen) atoms. The van der Waals surface area contributed by atoms with Crippen LogP contribution in [0.15, 0.2) is 24.3 Å². The maximum atomic E-state index is 12.1. The molecule has 0 unspecified atom stereocenters. The molecular weight excluding hydrogens is 320 g/mol. The summed E-state index contributed by atoms with van der Waals surface area (Å²) in [7, 11) is 0. The van der Waals surface area contributed by atoms with Crippen LogP contribution in [0.4, 0.5) is 5.69 Å². The van der Waals surface area contributed by atoms with Gasteiger partial charge in [0.2, 0.25) is 5.91 Å². The fourth-order valence-corrected chi connectivity index (χ4v) is 2.93. The number of hydrogen-bond acceptors (Lipinski definition) is 4. The molecule has 136 valence electrons. The second-order valence-corrected chi connectivity index (χ2v) is 6.53. The van der Waals surface area contributed by atoms with E-state index in [2.05, 4.69) is 10.6 Å². The Bertz CT molecular complexity index is 606. The third kappa shape index (κ3) is 6.57. The fourth-order valence-electron chi connectivity index (χ4n) is 2.93. The maximum Gasteiger partial charge on any atom is 0.311 e. The molecule has 1 aromatic rings. The zero-order valence-corrected chi connectivity index (χ0v) is 14.8. The number of anilines is 1. The van der Waals surface area contributed by atoms with E-state index in [0.717, 1.165) is 31.2 Å². The van der Waals surface area contributed by atoms with E-state index >= 15 is 0 Å². The number of esters is 1. The van der Waals surface area contributed by atoms with Gasteiger partial charge in [0, 0.05) is 18.7 Å². The van der Waals surface area contributed by atoms with Crippen molar-refractivity contribution >= 4 is 23.5 Å². The van der Waals surface area contributed by atoms with Crippen LogP contribution in [0.3, 0.4) is 0 Å². The summed E-state index contributed by atoms with van der Waals surface area (Å²) in [5.41, 5.74) is 1.43. The summed E-state index contributed by atoms with van der Waals surface area (Å²) in [6.07, 6.45) is 4.76. The largest absolute Gasteiger partial charge is 0.452 e. The quantitative estimate of drug-likeness (QED) is 0.775. The van der Waals surface area contributed by atoms with Crippen LogP contribution >= 0.6 is 0 Å². The van der Waals surface area contributed by atoms with Gasteiger partial charge in [0.1, 0.15) is 0 Å². The minimum Gasteiger partial charge on any atom is -0.452 e. The Morgan fingerprint density at radius 1 is 1.12 bits per heavy atom. The van der Waals surface area contributed by atoms with Gasteiger partial charge in [-0.05, 0) is 37.5 Å². The van der Waals surface area contributed by atoms with Crippen molar-refractivity contribution in [3.05, 3.63) is 29.8 Å². The highest BCUT2D eigenvalue weighted by Gasteiger charge is 2.22. The first-order chi connectivity index (χ1) is 11.9. The lowest BCUT2D eigenvalue weighted by atomic mass is 9.95. The van der Waals surface area contributed by atoms with E-state index < -0.39 is 12.1 Å². The topological polar surface area (TPSA) is 84.5 Å². The summed E-state index contributed by atoms with van der Waals surface area (Å²) in [6, 6.07) is 7.15. The third-order valence-electron chi connectivity index (χ3n) is 4.25. The van der Waals surface area contributed by atoms with Gasteiger partial charge in [-0.3, -0.25) is 14.4 Å². The van der Waals surface area contributed by atoms with Crippen LogP contribution in [0.5, 0.6) is 0 Å². The summed E-state index contributed by atoms with van der Waals surface area (Å²) < 4.78 is 5.23. The van der Waals surface area contributed by atoms with Gasteiger partial charge < -0.3 is 15.4 Å². The summed E-state index contributed by atoms with van der Waals surface area (Å²) in [4.78, 5) is 35.1. The molecular formula is C19H26N2O4. The first-order valence-corrected chi connectivity index (χ1v) is 8.80. The van der Waals surface area contributed by atoms with E-state index in [0.29, 0.717) is 5.69 Å². The maximum absolute atomic E-state index is 12.1. The van der Waals surface area contributed by atoms with Crippen molar-refractivity contribution in [2.45, 2.75) is 64.5 Å². The zero-order valence-electron chi connectivity index (χ0n) is 14.8. The normalized spacial score (nSPS) is 15.9. The zero-order chi connectivity index (χ0) is 18.2. The van der Waals surface area contributed by atoms with E-state index in [1.165, 1.54) is 13.3 Å². The monoisotopic (exact) mass is 346 g/mol. The van der Waals surface area contributed by atoms with Crippen LogP contribution in [0.2, 0.25) is 0 Å². The Balaban J connectivity index is 1.78. The number of ether oxygens (including phenoxy) is 1. The van der Waals surface area contributed by atoms with Gasteiger partial charge in [0.05, 0.1) is 6.42 Å². The Kier molecular flexibility index (Phi) is 6.98. The van der Waals surface area contributed by atoms with E-state index in [-0.39, 0.29) is 24.3 Å². The Hall–Kier alpha value is -2.37. The molecule has 1 atom stereocenters. The number of hydrogen-bond donors (Lipinski definition) is 2. The lowest BCUT2D eigenvalue weighted by molar-refractivity contribution is -0.154. The van der Waals surface area contributed by atoms with Crippen molar-refractivity contribution in [1.82, 2.24) is 5.32 Å². The molecule has 1 saturated carbocycles. The summed E-state index contributed by atoms with van der Waals surface area (Å²) >= 11 is 0. The van der Waals surface area contributed by atoms with Crippen molar-refractivity contribution < 1.29 is 19.1 Å². The molecule has 0 aliphatic heterocycles. The molecule has 1 aromatic carbocycles. The molecule has 0 spiro atoms.